The fourth-order valence-corrected chi connectivity index (χ4v) is 3.87. The fourth-order valence-electron chi connectivity index (χ4n) is 2.73. The van der Waals surface area contributed by atoms with E-state index < -0.39 is 5.97 Å². The van der Waals surface area contributed by atoms with Gasteiger partial charge in [-0.1, -0.05) is 12.1 Å². The first-order valence-corrected chi connectivity index (χ1v) is 8.76. The second-order valence-corrected chi connectivity index (χ2v) is 6.48. The molecule has 1 aromatic carbocycles. The van der Waals surface area contributed by atoms with Gasteiger partial charge in [0.2, 0.25) is 0 Å². The number of benzene rings is 1. The molecule has 25 heavy (non-hydrogen) atoms. The Morgan fingerprint density at radius 3 is 2.76 bits per heavy atom. The lowest BCUT2D eigenvalue weighted by Crippen LogP contribution is -2.22. The Kier molecular flexibility index (Phi) is 4.67. The van der Waals surface area contributed by atoms with Crippen LogP contribution in [0.25, 0.3) is 21.3 Å². The van der Waals surface area contributed by atoms with Gasteiger partial charge in [0.05, 0.1) is 6.61 Å². The molecule has 2 heterocycles. The molecule has 5 nitrogen and oxygen atoms in total. The van der Waals surface area contributed by atoms with Gasteiger partial charge in [0.15, 0.2) is 0 Å². The topological polar surface area (TPSA) is 61.2 Å². The molecule has 0 spiro atoms. The quantitative estimate of drug-likeness (QED) is 0.665. The molecule has 0 bridgehead atoms. The SMILES string of the molecule is CCOC(=O)c1sc2c(=O)n(CC)nc(-c3cccc(F)c3)c2c1C. The van der Waals surface area contributed by atoms with E-state index in [-0.39, 0.29) is 18.0 Å². The second kappa shape index (κ2) is 6.76. The summed E-state index contributed by atoms with van der Waals surface area (Å²) in [5.41, 5.74) is 1.41. The van der Waals surface area contributed by atoms with Gasteiger partial charge in [-0.15, -0.1) is 11.3 Å². The van der Waals surface area contributed by atoms with Gasteiger partial charge in [0.1, 0.15) is 21.1 Å². The molecule has 0 amide bonds. The van der Waals surface area contributed by atoms with Gasteiger partial charge in [-0.25, -0.2) is 13.9 Å². The van der Waals surface area contributed by atoms with Crippen molar-refractivity contribution in [3.05, 3.63) is 50.9 Å². The van der Waals surface area contributed by atoms with Crippen LogP contribution in [0.5, 0.6) is 0 Å². The molecule has 0 radical (unpaired) electrons. The van der Waals surface area contributed by atoms with Gasteiger partial charge in [0.25, 0.3) is 5.56 Å². The largest absolute Gasteiger partial charge is 0.462 e. The van der Waals surface area contributed by atoms with Crippen molar-refractivity contribution in [2.75, 3.05) is 6.61 Å². The molecule has 2 aromatic heterocycles. The third-order valence-corrected chi connectivity index (χ3v) is 5.15. The predicted octanol–water partition coefficient (Wildman–Crippen LogP) is 3.77. The molecule has 0 atom stereocenters. The molecule has 0 aliphatic heterocycles. The average molecular weight is 360 g/mol. The summed E-state index contributed by atoms with van der Waals surface area (Å²) in [6.07, 6.45) is 0. The van der Waals surface area contributed by atoms with Gasteiger partial charge in [-0.05, 0) is 38.5 Å². The number of halogens is 1. The van der Waals surface area contributed by atoms with E-state index in [0.717, 1.165) is 11.3 Å². The molecule has 130 valence electrons. The first kappa shape index (κ1) is 17.3. The predicted molar refractivity (Wildman–Crippen MR) is 95.6 cm³/mol. The Labute approximate surface area is 147 Å². The molecule has 0 aliphatic rings. The molecule has 0 saturated heterocycles. The second-order valence-electron chi connectivity index (χ2n) is 5.46. The highest BCUT2D eigenvalue weighted by molar-refractivity contribution is 7.21. The van der Waals surface area contributed by atoms with Crippen molar-refractivity contribution in [1.29, 1.82) is 0 Å². The number of fused-ring (bicyclic) bond motifs is 1. The van der Waals surface area contributed by atoms with Crippen LogP contribution in [0.3, 0.4) is 0 Å². The minimum absolute atomic E-state index is 0.251. The molecular weight excluding hydrogens is 343 g/mol. The van der Waals surface area contributed by atoms with Crippen molar-refractivity contribution < 1.29 is 13.9 Å². The first-order chi connectivity index (χ1) is 12.0. The Morgan fingerprint density at radius 2 is 2.12 bits per heavy atom. The molecule has 3 rings (SSSR count). The monoisotopic (exact) mass is 360 g/mol. The van der Waals surface area contributed by atoms with E-state index in [1.807, 2.05) is 6.92 Å². The highest BCUT2D eigenvalue weighted by Gasteiger charge is 2.23. The Hall–Kier alpha value is -2.54. The van der Waals surface area contributed by atoms with E-state index in [1.54, 1.807) is 26.0 Å². The number of carbonyl (C=O) groups excluding carboxylic acids is 1. The molecule has 0 aliphatic carbocycles. The van der Waals surface area contributed by atoms with Gasteiger partial charge in [-0.2, -0.15) is 5.10 Å². The van der Waals surface area contributed by atoms with E-state index >= 15 is 0 Å². The minimum Gasteiger partial charge on any atom is -0.462 e. The normalized spacial score (nSPS) is 11.0. The summed E-state index contributed by atoms with van der Waals surface area (Å²) < 4.78 is 20.5. The highest BCUT2D eigenvalue weighted by Crippen LogP contribution is 2.35. The number of aryl methyl sites for hydroxylation is 2. The summed E-state index contributed by atoms with van der Waals surface area (Å²) in [6.45, 7) is 5.92. The maximum atomic E-state index is 13.7. The number of carbonyl (C=O) groups is 1. The van der Waals surface area contributed by atoms with Crippen molar-refractivity contribution in [2.45, 2.75) is 27.3 Å². The Morgan fingerprint density at radius 1 is 1.36 bits per heavy atom. The number of ether oxygens (including phenoxy) is 1. The summed E-state index contributed by atoms with van der Waals surface area (Å²) >= 11 is 1.10. The van der Waals surface area contributed by atoms with E-state index in [1.165, 1.54) is 16.8 Å². The highest BCUT2D eigenvalue weighted by atomic mass is 32.1. The van der Waals surface area contributed by atoms with Crippen LogP contribution in [-0.2, 0) is 11.3 Å². The number of esters is 1. The average Bonchev–Trinajstić information content (AvgIpc) is 2.94. The van der Waals surface area contributed by atoms with Crippen LogP contribution in [0.1, 0.15) is 29.1 Å². The van der Waals surface area contributed by atoms with E-state index in [2.05, 4.69) is 5.10 Å². The number of hydrogen-bond acceptors (Lipinski definition) is 5. The summed E-state index contributed by atoms with van der Waals surface area (Å²) in [6, 6.07) is 6.04. The Bertz CT molecular complexity index is 1020. The lowest BCUT2D eigenvalue weighted by Gasteiger charge is -2.08. The van der Waals surface area contributed by atoms with Crippen LogP contribution in [-0.4, -0.2) is 22.4 Å². The van der Waals surface area contributed by atoms with E-state index in [4.69, 9.17) is 4.74 Å². The maximum Gasteiger partial charge on any atom is 0.348 e. The van der Waals surface area contributed by atoms with Crippen LogP contribution < -0.4 is 5.56 Å². The zero-order valence-corrected chi connectivity index (χ0v) is 14.9. The zero-order valence-electron chi connectivity index (χ0n) is 14.1. The van der Waals surface area contributed by atoms with Crippen LogP contribution in [0.4, 0.5) is 4.39 Å². The lowest BCUT2D eigenvalue weighted by molar-refractivity contribution is 0.0531. The first-order valence-electron chi connectivity index (χ1n) is 7.95. The van der Waals surface area contributed by atoms with Crippen LogP contribution in [0, 0.1) is 12.7 Å². The summed E-state index contributed by atoms with van der Waals surface area (Å²) in [5.74, 6) is -0.853. The molecule has 3 aromatic rings. The molecule has 0 N–H and O–H groups in total. The standard InChI is InChI=1S/C18H17FN2O3S/c1-4-21-17(22)16-13(10(3)15(25-16)18(23)24-5-2)14(20-21)11-7-6-8-12(19)9-11/h6-9H,4-5H2,1-3H3. The summed E-state index contributed by atoms with van der Waals surface area (Å²) in [7, 11) is 0. The van der Waals surface area contributed by atoms with Crippen molar-refractivity contribution >= 4 is 27.4 Å². The van der Waals surface area contributed by atoms with Gasteiger partial charge in [-0.3, -0.25) is 4.79 Å². The van der Waals surface area contributed by atoms with Gasteiger partial charge in [0, 0.05) is 17.5 Å². The van der Waals surface area contributed by atoms with Crippen molar-refractivity contribution in [3.63, 3.8) is 0 Å². The Balaban J connectivity index is 2.38. The van der Waals surface area contributed by atoms with Crippen LogP contribution >= 0.6 is 11.3 Å². The third-order valence-electron chi connectivity index (χ3n) is 3.89. The molecular formula is C18H17FN2O3S. The zero-order chi connectivity index (χ0) is 18.1. The van der Waals surface area contributed by atoms with E-state index in [0.29, 0.717) is 38.3 Å². The number of hydrogen-bond donors (Lipinski definition) is 0. The molecule has 0 fully saturated rings. The minimum atomic E-state index is -0.464. The number of thiophene rings is 1. The van der Waals surface area contributed by atoms with Crippen molar-refractivity contribution in [2.24, 2.45) is 0 Å². The number of aromatic nitrogens is 2. The van der Waals surface area contributed by atoms with Gasteiger partial charge < -0.3 is 4.74 Å². The summed E-state index contributed by atoms with van der Waals surface area (Å²) in [4.78, 5) is 25.2. The van der Waals surface area contributed by atoms with E-state index in [9.17, 15) is 14.0 Å². The van der Waals surface area contributed by atoms with Gasteiger partial charge >= 0.3 is 5.97 Å². The third kappa shape index (κ3) is 2.95. The lowest BCUT2D eigenvalue weighted by atomic mass is 10.0. The number of nitrogens with zero attached hydrogens (tertiary/aromatic N) is 2. The van der Waals surface area contributed by atoms with Crippen LogP contribution in [0.15, 0.2) is 29.1 Å². The maximum absolute atomic E-state index is 13.7. The van der Waals surface area contributed by atoms with Crippen molar-refractivity contribution in [3.8, 4) is 11.3 Å². The smallest absolute Gasteiger partial charge is 0.348 e. The molecule has 0 saturated carbocycles. The molecule has 0 unspecified atom stereocenters. The number of rotatable bonds is 4. The molecule has 7 heteroatoms. The van der Waals surface area contributed by atoms with Crippen LogP contribution in [0.2, 0.25) is 0 Å². The van der Waals surface area contributed by atoms with Crippen molar-refractivity contribution in [1.82, 2.24) is 9.78 Å². The fraction of sp³-hybridized carbons (Fsp3) is 0.278. The summed E-state index contributed by atoms with van der Waals surface area (Å²) in [5, 5.41) is 4.98.